The molecule has 1 N–H and O–H groups in total. The van der Waals surface area contributed by atoms with Crippen molar-refractivity contribution in [3.63, 3.8) is 0 Å². The highest BCUT2D eigenvalue weighted by atomic mass is 32.1. The molecule has 1 aromatic rings. The number of likely N-dealkylation sites (tertiary alicyclic amines) is 1. The number of nitrogens with zero attached hydrogens (tertiary/aromatic N) is 2. The molecule has 15 heavy (non-hydrogen) atoms. The second-order valence-electron chi connectivity index (χ2n) is 4.72. The molecular weight excluding hydrogens is 206 g/mol. The fraction of sp³-hybridized carbons (Fsp3) is 0.727. The highest BCUT2D eigenvalue weighted by Crippen LogP contribution is 2.33. The Bertz CT molecular complexity index is 325. The van der Waals surface area contributed by atoms with Crippen molar-refractivity contribution in [1.82, 2.24) is 15.2 Å². The van der Waals surface area contributed by atoms with Gasteiger partial charge in [0, 0.05) is 30.2 Å². The van der Waals surface area contributed by atoms with E-state index in [1.165, 1.54) is 24.5 Å². The number of hydrogen-bond donors (Lipinski definition) is 1. The zero-order valence-electron chi connectivity index (χ0n) is 9.02. The maximum atomic E-state index is 4.14. The predicted octanol–water partition coefficient (Wildman–Crippen LogP) is 1.18. The van der Waals surface area contributed by atoms with E-state index in [0.29, 0.717) is 0 Å². The van der Waals surface area contributed by atoms with Crippen LogP contribution in [0.5, 0.6) is 0 Å². The van der Waals surface area contributed by atoms with E-state index in [1.54, 1.807) is 11.3 Å². The summed E-state index contributed by atoms with van der Waals surface area (Å²) in [6, 6.07) is 0.729. The Hall–Kier alpha value is -0.450. The molecule has 0 radical (unpaired) electrons. The predicted molar refractivity (Wildman–Crippen MR) is 61.8 cm³/mol. The Morgan fingerprint density at radius 1 is 1.60 bits per heavy atom. The average Bonchev–Trinajstić information content (AvgIpc) is 2.89. The molecule has 0 saturated carbocycles. The Balaban J connectivity index is 1.68. The van der Waals surface area contributed by atoms with Crippen molar-refractivity contribution in [3.8, 4) is 0 Å². The van der Waals surface area contributed by atoms with E-state index in [9.17, 15) is 0 Å². The standard InChI is InChI=1S/C11H17N3S/c1-8-11-4-12-2-9(11)5-14(8)6-10-3-13-7-15-10/h3,7-9,11-12H,2,4-6H2,1H3. The number of nitrogens with one attached hydrogen (secondary N) is 1. The van der Waals surface area contributed by atoms with Crippen LogP contribution in [0, 0.1) is 11.8 Å². The summed E-state index contributed by atoms with van der Waals surface area (Å²) in [5, 5.41) is 3.50. The van der Waals surface area contributed by atoms with Gasteiger partial charge in [-0.05, 0) is 31.8 Å². The van der Waals surface area contributed by atoms with Crippen molar-refractivity contribution >= 4 is 11.3 Å². The van der Waals surface area contributed by atoms with E-state index in [1.807, 2.05) is 11.7 Å². The molecule has 3 rings (SSSR count). The molecule has 0 aliphatic carbocycles. The van der Waals surface area contributed by atoms with Gasteiger partial charge in [-0.25, -0.2) is 0 Å². The molecule has 0 spiro atoms. The zero-order chi connectivity index (χ0) is 10.3. The van der Waals surface area contributed by atoms with Crippen molar-refractivity contribution in [2.24, 2.45) is 11.8 Å². The molecule has 2 aliphatic heterocycles. The van der Waals surface area contributed by atoms with Crippen molar-refractivity contribution in [2.75, 3.05) is 19.6 Å². The molecule has 4 heteroatoms. The third-order valence-corrected chi connectivity index (χ3v) is 4.66. The molecule has 3 heterocycles. The minimum atomic E-state index is 0.729. The van der Waals surface area contributed by atoms with E-state index in [4.69, 9.17) is 0 Å². The van der Waals surface area contributed by atoms with Crippen LogP contribution in [0.4, 0.5) is 0 Å². The minimum Gasteiger partial charge on any atom is -0.316 e. The molecule has 0 amide bonds. The molecule has 3 atom stereocenters. The van der Waals surface area contributed by atoms with Gasteiger partial charge in [-0.15, -0.1) is 11.3 Å². The van der Waals surface area contributed by atoms with Crippen LogP contribution >= 0.6 is 11.3 Å². The monoisotopic (exact) mass is 223 g/mol. The smallest absolute Gasteiger partial charge is 0.0794 e. The first-order valence-electron chi connectivity index (χ1n) is 5.66. The van der Waals surface area contributed by atoms with Crippen LogP contribution in [0.25, 0.3) is 0 Å². The first kappa shape index (κ1) is 9.75. The molecule has 0 bridgehead atoms. The van der Waals surface area contributed by atoms with Gasteiger partial charge in [0.1, 0.15) is 0 Å². The summed E-state index contributed by atoms with van der Waals surface area (Å²) < 4.78 is 0. The van der Waals surface area contributed by atoms with Crippen LogP contribution in [-0.2, 0) is 6.54 Å². The molecule has 2 fully saturated rings. The van der Waals surface area contributed by atoms with E-state index in [-0.39, 0.29) is 0 Å². The molecule has 2 saturated heterocycles. The number of hydrogen-bond acceptors (Lipinski definition) is 4. The van der Waals surface area contributed by atoms with Crippen molar-refractivity contribution in [1.29, 1.82) is 0 Å². The van der Waals surface area contributed by atoms with Crippen LogP contribution in [-0.4, -0.2) is 35.6 Å². The second kappa shape index (κ2) is 3.85. The second-order valence-corrected chi connectivity index (χ2v) is 5.69. The maximum Gasteiger partial charge on any atom is 0.0794 e. The molecule has 0 aromatic carbocycles. The summed E-state index contributed by atoms with van der Waals surface area (Å²) in [7, 11) is 0. The van der Waals surface area contributed by atoms with E-state index < -0.39 is 0 Å². The van der Waals surface area contributed by atoms with Gasteiger partial charge in [0.2, 0.25) is 0 Å². The largest absolute Gasteiger partial charge is 0.316 e. The lowest BCUT2D eigenvalue weighted by Crippen LogP contribution is -2.32. The van der Waals surface area contributed by atoms with Crippen LogP contribution in [0.15, 0.2) is 11.7 Å². The normalized spacial score (nSPS) is 35.9. The molecular formula is C11H17N3S. The lowest BCUT2D eigenvalue weighted by molar-refractivity contribution is 0.233. The minimum absolute atomic E-state index is 0.729. The van der Waals surface area contributed by atoms with Gasteiger partial charge in [-0.2, -0.15) is 0 Å². The number of aromatic nitrogens is 1. The van der Waals surface area contributed by atoms with Crippen molar-refractivity contribution in [2.45, 2.75) is 19.5 Å². The quantitative estimate of drug-likeness (QED) is 0.816. The van der Waals surface area contributed by atoms with Gasteiger partial charge in [0.15, 0.2) is 0 Å². The van der Waals surface area contributed by atoms with Crippen LogP contribution < -0.4 is 5.32 Å². The van der Waals surface area contributed by atoms with Gasteiger partial charge >= 0.3 is 0 Å². The third-order valence-electron chi connectivity index (χ3n) is 3.90. The average molecular weight is 223 g/mol. The Morgan fingerprint density at radius 2 is 2.53 bits per heavy atom. The summed E-state index contributed by atoms with van der Waals surface area (Å²) in [5.74, 6) is 1.76. The maximum absolute atomic E-state index is 4.14. The Labute approximate surface area is 94.5 Å². The Kier molecular flexibility index (Phi) is 2.50. The summed E-state index contributed by atoms with van der Waals surface area (Å²) in [6.45, 7) is 7.16. The third kappa shape index (κ3) is 1.71. The molecule has 1 aromatic heterocycles. The first-order valence-corrected chi connectivity index (χ1v) is 6.54. The molecule has 3 nitrogen and oxygen atoms in total. The topological polar surface area (TPSA) is 28.2 Å². The van der Waals surface area contributed by atoms with Gasteiger partial charge < -0.3 is 5.32 Å². The summed E-state index contributed by atoms with van der Waals surface area (Å²) in [4.78, 5) is 8.15. The van der Waals surface area contributed by atoms with Crippen LogP contribution in [0.3, 0.4) is 0 Å². The fourth-order valence-corrected chi connectivity index (χ4v) is 3.60. The van der Waals surface area contributed by atoms with Gasteiger partial charge in [-0.3, -0.25) is 9.88 Å². The van der Waals surface area contributed by atoms with E-state index in [2.05, 4.69) is 22.1 Å². The van der Waals surface area contributed by atoms with Crippen LogP contribution in [0.1, 0.15) is 11.8 Å². The van der Waals surface area contributed by atoms with E-state index in [0.717, 1.165) is 24.4 Å². The molecule has 82 valence electrons. The lowest BCUT2D eigenvalue weighted by Gasteiger charge is -2.23. The van der Waals surface area contributed by atoms with Gasteiger partial charge in [0.25, 0.3) is 0 Å². The highest BCUT2D eigenvalue weighted by molar-refractivity contribution is 7.09. The van der Waals surface area contributed by atoms with Crippen LogP contribution in [0.2, 0.25) is 0 Å². The zero-order valence-corrected chi connectivity index (χ0v) is 9.83. The first-order chi connectivity index (χ1) is 7.34. The summed E-state index contributed by atoms with van der Waals surface area (Å²) in [6.07, 6.45) is 2.00. The summed E-state index contributed by atoms with van der Waals surface area (Å²) >= 11 is 1.77. The van der Waals surface area contributed by atoms with Crippen molar-refractivity contribution in [3.05, 3.63) is 16.6 Å². The highest BCUT2D eigenvalue weighted by Gasteiger charge is 2.41. The number of rotatable bonds is 2. The van der Waals surface area contributed by atoms with E-state index >= 15 is 0 Å². The molecule has 3 unspecified atom stereocenters. The lowest BCUT2D eigenvalue weighted by atomic mass is 9.95. The number of thiazole rings is 1. The number of fused-ring (bicyclic) bond motifs is 1. The summed E-state index contributed by atoms with van der Waals surface area (Å²) in [5.41, 5.74) is 1.93. The molecule has 2 aliphatic rings. The fourth-order valence-electron chi connectivity index (χ4n) is 2.99. The van der Waals surface area contributed by atoms with Gasteiger partial charge in [-0.1, -0.05) is 0 Å². The SMILES string of the molecule is CC1C2CNCC2CN1Cc1cncs1. The Morgan fingerprint density at radius 3 is 3.27 bits per heavy atom. The van der Waals surface area contributed by atoms with Gasteiger partial charge in [0.05, 0.1) is 5.51 Å². The van der Waals surface area contributed by atoms with Crippen molar-refractivity contribution < 1.29 is 0 Å².